The van der Waals surface area contributed by atoms with Gasteiger partial charge in [0.05, 0.1) is 22.5 Å². The molecule has 5 rings (SSSR count). The van der Waals surface area contributed by atoms with Gasteiger partial charge in [0.1, 0.15) is 23.5 Å². The summed E-state index contributed by atoms with van der Waals surface area (Å²) >= 11 is 0. The van der Waals surface area contributed by atoms with E-state index < -0.39 is 29.6 Å². The van der Waals surface area contributed by atoms with Crippen LogP contribution in [0.15, 0.2) is 48.0 Å². The van der Waals surface area contributed by atoms with Crippen LogP contribution in [0.1, 0.15) is 53.3 Å². The molecule has 3 saturated heterocycles. The third-order valence-corrected chi connectivity index (χ3v) is 8.64. The number of hydrogen-bond donors (Lipinski definition) is 4. The molecule has 1 unspecified atom stereocenters. The highest BCUT2D eigenvalue weighted by molar-refractivity contribution is 6.23. The molecule has 0 spiro atoms. The van der Waals surface area contributed by atoms with Gasteiger partial charge in [-0.15, -0.1) is 0 Å². The van der Waals surface area contributed by atoms with Gasteiger partial charge in [-0.2, -0.15) is 0 Å². The van der Waals surface area contributed by atoms with Crippen molar-refractivity contribution in [1.82, 2.24) is 20.0 Å². The molecule has 3 fully saturated rings. The standard InChI is InChI=1S/C30H38FN7O4/c1-18-3-5-25(28(40)34-18)38-29(41)21-15-23(31)26(16-22(21)30(38)42)36-13-11-35(12-14-36)17-20-7-9-37(10-8-20)27(33)6-4-24(32)19(2)39/h4,6,15-16,20,25,33,39H,1,3,5,7-14,17,32H2,2H3,(H,34,40)/b6-4-,24-19-,33-27?. The summed E-state index contributed by atoms with van der Waals surface area (Å²) in [7, 11) is 0. The lowest BCUT2D eigenvalue weighted by Gasteiger charge is -2.40. The van der Waals surface area contributed by atoms with E-state index >= 15 is 4.39 Å². The molecule has 1 aromatic carbocycles. The van der Waals surface area contributed by atoms with E-state index in [9.17, 15) is 19.5 Å². The topological polar surface area (TPSA) is 146 Å². The number of aliphatic hydroxyl groups excluding tert-OH is 1. The van der Waals surface area contributed by atoms with Gasteiger partial charge in [-0.3, -0.25) is 29.6 Å². The number of fused-ring (bicyclic) bond motifs is 1. The number of piperidine rings is 2. The number of nitrogens with zero attached hydrogens (tertiary/aromatic N) is 4. The summed E-state index contributed by atoms with van der Waals surface area (Å²) in [4.78, 5) is 46.0. The molecule has 12 heteroatoms. The molecular weight excluding hydrogens is 541 g/mol. The Kier molecular flexibility index (Phi) is 8.35. The van der Waals surface area contributed by atoms with Gasteiger partial charge >= 0.3 is 0 Å². The average Bonchev–Trinajstić information content (AvgIpc) is 3.20. The van der Waals surface area contributed by atoms with Crippen LogP contribution in [0.2, 0.25) is 0 Å². The molecule has 42 heavy (non-hydrogen) atoms. The van der Waals surface area contributed by atoms with Gasteiger partial charge in [-0.05, 0) is 62.8 Å². The third-order valence-electron chi connectivity index (χ3n) is 8.64. The Labute approximate surface area is 244 Å². The van der Waals surface area contributed by atoms with Gasteiger partial charge in [0.2, 0.25) is 5.91 Å². The first-order valence-corrected chi connectivity index (χ1v) is 14.4. The van der Waals surface area contributed by atoms with Crippen molar-refractivity contribution < 1.29 is 23.9 Å². The molecule has 1 aromatic rings. The lowest BCUT2D eigenvalue weighted by molar-refractivity contribution is -0.125. The summed E-state index contributed by atoms with van der Waals surface area (Å²) in [5.74, 6) is -1.31. The zero-order valence-electron chi connectivity index (χ0n) is 23.9. The second-order valence-electron chi connectivity index (χ2n) is 11.5. The fourth-order valence-corrected chi connectivity index (χ4v) is 6.09. The maximum Gasteiger partial charge on any atom is 0.262 e. The first-order valence-electron chi connectivity index (χ1n) is 14.4. The summed E-state index contributed by atoms with van der Waals surface area (Å²) < 4.78 is 15.3. The first-order chi connectivity index (χ1) is 20.0. The number of nitrogens with two attached hydrogens (primary N) is 1. The Hall–Kier alpha value is -4.19. The van der Waals surface area contributed by atoms with Crippen LogP contribution in [0.5, 0.6) is 0 Å². The minimum Gasteiger partial charge on any atom is -0.510 e. The molecule has 224 valence electrons. The number of amides is 3. The number of piperazine rings is 1. The number of anilines is 1. The molecule has 11 nitrogen and oxygen atoms in total. The zero-order chi connectivity index (χ0) is 30.1. The molecule has 4 heterocycles. The number of nitrogens with one attached hydrogen (secondary N) is 2. The number of imide groups is 1. The van der Waals surface area contributed by atoms with Crippen LogP contribution in [0.4, 0.5) is 10.1 Å². The van der Waals surface area contributed by atoms with Crippen LogP contribution in [0.25, 0.3) is 0 Å². The van der Waals surface area contributed by atoms with E-state index in [1.54, 1.807) is 12.2 Å². The summed E-state index contributed by atoms with van der Waals surface area (Å²) in [6.45, 7) is 10.4. The predicted molar refractivity (Wildman–Crippen MR) is 157 cm³/mol. The van der Waals surface area contributed by atoms with Gasteiger partial charge in [-0.1, -0.05) is 6.58 Å². The molecule has 0 bridgehead atoms. The van der Waals surface area contributed by atoms with E-state index in [0.717, 1.165) is 56.5 Å². The minimum atomic E-state index is -0.932. The minimum absolute atomic E-state index is 0.00422. The number of benzene rings is 1. The third kappa shape index (κ3) is 5.89. The van der Waals surface area contributed by atoms with Gasteiger partial charge < -0.3 is 26.0 Å². The maximum absolute atomic E-state index is 15.3. The second-order valence-corrected chi connectivity index (χ2v) is 11.5. The molecule has 0 aromatic heterocycles. The molecule has 3 amide bonds. The van der Waals surface area contributed by atoms with Crippen LogP contribution < -0.4 is 16.0 Å². The second kappa shape index (κ2) is 12.0. The highest BCUT2D eigenvalue weighted by Crippen LogP contribution is 2.33. The van der Waals surface area contributed by atoms with Crippen molar-refractivity contribution in [2.24, 2.45) is 11.7 Å². The van der Waals surface area contributed by atoms with Crippen molar-refractivity contribution in [3.8, 4) is 0 Å². The van der Waals surface area contributed by atoms with Crippen molar-refractivity contribution in [3.63, 3.8) is 0 Å². The summed E-state index contributed by atoms with van der Waals surface area (Å²) in [5.41, 5.74) is 6.92. The van der Waals surface area contributed by atoms with E-state index in [1.807, 2.05) is 9.80 Å². The highest BCUT2D eigenvalue weighted by Gasteiger charge is 2.44. The van der Waals surface area contributed by atoms with Crippen LogP contribution >= 0.6 is 0 Å². The molecule has 5 N–H and O–H groups in total. The monoisotopic (exact) mass is 579 g/mol. The number of rotatable bonds is 6. The lowest BCUT2D eigenvalue weighted by Crippen LogP contribution is -2.51. The average molecular weight is 580 g/mol. The summed E-state index contributed by atoms with van der Waals surface area (Å²) in [6, 6.07) is 1.66. The Morgan fingerprint density at radius 3 is 2.33 bits per heavy atom. The van der Waals surface area contributed by atoms with Gasteiger partial charge in [0.15, 0.2) is 0 Å². The van der Waals surface area contributed by atoms with Crippen LogP contribution in [0.3, 0.4) is 0 Å². The number of likely N-dealkylation sites (tertiary alicyclic amines) is 1. The van der Waals surface area contributed by atoms with Crippen molar-refractivity contribution in [3.05, 3.63) is 65.0 Å². The molecule has 4 aliphatic rings. The Bertz CT molecular complexity index is 1370. The number of carbonyl (C=O) groups is 3. The zero-order valence-corrected chi connectivity index (χ0v) is 23.9. The quantitative estimate of drug-likeness (QED) is 0.132. The van der Waals surface area contributed by atoms with E-state index in [0.29, 0.717) is 49.1 Å². The molecular formula is C30H38FN7O4. The van der Waals surface area contributed by atoms with Gasteiger partial charge in [0, 0.05) is 51.5 Å². The van der Waals surface area contributed by atoms with Gasteiger partial charge in [-0.25, -0.2) is 4.39 Å². The summed E-state index contributed by atoms with van der Waals surface area (Å²) in [5, 5.41) is 20.3. The number of carbonyl (C=O) groups excluding carboxylic acids is 3. The molecule has 1 atom stereocenters. The fraction of sp³-hybridized carbons (Fsp3) is 0.467. The number of hydrogen-bond acceptors (Lipinski definition) is 8. The van der Waals surface area contributed by atoms with E-state index in [4.69, 9.17) is 11.1 Å². The molecule has 0 radical (unpaired) electrons. The Morgan fingerprint density at radius 2 is 1.71 bits per heavy atom. The largest absolute Gasteiger partial charge is 0.510 e. The molecule has 0 aliphatic carbocycles. The highest BCUT2D eigenvalue weighted by atomic mass is 19.1. The first kappa shape index (κ1) is 29.3. The van der Waals surface area contributed by atoms with E-state index in [1.165, 1.54) is 13.0 Å². The maximum atomic E-state index is 15.3. The normalized spacial score (nSPS) is 23.0. The van der Waals surface area contributed by atoms with Crippen LogP contribution in [0, 0.1) is 17.1 Å². The molecule has 0 saturated carbocycles. The van der Waals surface area contributed by atoms with E-state index in [2.05, 4.69) is 16.8 Å². The van der Waals surface area contributed by atoms with Crippen molar-refractivity contribution in [1.29, 1.82) is 5.41 Å². The number of allylic oxidation sites excluding steroid dienone is 3. The van der Waals surface area contributed by atoms with Crippen LogP contribution in [-0.2, 0) is 4.79 Å². The Morgan fingerprint density at radius 1 is 1.07 bits per heavy atom. The fourth-order valence-electron chi connectivity index (χ4n) is 6.09. The number of halogens is 1. The smallest absolute Gasteiger partial charge is 0.262 e. The van der Waals surface area contributed by atoms with Gasteiger partial charge in [0.25, 0.3) is 11.8 Å². The number of aliphatic hydroxyl groups is 1. The van der Waals surface area contributed by atoms with Crippen LogP contribution in [-0.4, -0.2) is 95.2 Å². The van der Waals surface area contributed by atoms with Crippen molar-refractivity contribution in [2.45, 2.75) is 38.6 Å². The predicted octanol–water partition coefficient (Wildman–Crippen LogP) is 2.33. The SMILES string of the molecule is C=C1CCC(N2C(=O)c3cc(F)c(N4CCN(CC5CCN(C(=N)/C=C\C(N)=C(/C)O)CC5)CC4)cc3C2=O)C(=O)N1. The van der Waals surface area contributed by atoms with E-state index in [-0.39, 0.29) is 22.6 Å². The van der Waals surface area contributed by atoms with Crippen molar-refractivity contribution in [2.75, 3.05) is 50.7 Å². The van der Waals surface area contributed by atoms with Crippen molar-refractivity contribution >= 4 is 29.2 Å². The summed E-state index contributed by atoms with van der Waals surface area (Å²) in [6.07, 6.45) is 5.83. The lowest BCUT2D eigenvalue weighted by atomic mass is 9.95. The molecule has 4 aliphatic heterocycles. The Balaban J connectivity index is 1.15. The number of amidine groups is 1.